The fourth-order valence-electron chi connectivity index (χ4n) is 3.82. The SMILES string of the molecule is COc1cc(C)ccc1CNC1CCCC1C1COCCN1. The van der Waals surface area contributed by atoms with Crippen LogP contribution >= 0.6 is 0 Å². The third kappa shape index (κ3) is 3.62. The summed E-state index contributed by atoms with van der Waals surface area (Å²) >= 11 is 0. The molecule has 1 aliphatic heterocycles. The first-order chi connectivity index (χ1) is 10.8. The average Bonchev–Trinajstić information content (AvgIpc) is 3.03. The molecule has 4 heteroatoms. The van der Waals surface area contributed by atoms with E-state index in [0.717, 1.165) is 32.1 Å². The van der Waals surface area contributed by atoms with Gasteiger partial charge in [-0.1, -0.05) is 18.6 Å². The maximum absolute atomic E-state index is 5.65. The van der Waals surface area contributed by atoms with Crippen LogP contribution in [-0.4, -0.2) is 39.0 Å². The minimum Gasteiger partial charge on any atom is -0.496 e. The molecule has 3 unspecified atom stereocenters. The Morgan fingerprint density at radius 2 is 2.27 bits per heavy atom. The summed E-state index contributed by atoms with van der Waals surface area (Å²) < 4.78 is 11.2. The number of nitrogens with one attached hydrogen (secondary N) is 2. The summed E-state index contributed by atoms with van der Waals surface area (Å²) in [6.07, 6.45) is 3.87. The van der Waals surface area contributed by atoms with Gasteiger partial charge in [-0.2, -0.15) is 0 Å². The summed E-state index contributed by atoms with van der Waals surface area (Å²) in [4.78, 5) is 0. The van der Waals surface area contributed by atoms with E-state index < -0.39 is 0 Å². The van der Waals surface area contributed by atoms with E-state index >= 15 is 0 Å². The Morgan fingerprint density at radius 1 is 1.36 bits per heavy atom. The van der Waals surface area contributed by atoms with Crippen LogP contribution in [0.5, 0.6) is 5.75 Å². The second kappa shape index (κ2) is 7.44. The minimum atomic E-state index is 0.508. The lowest BCUT2D eigenvalue weighted by atomic mass is 9.94. The fraction of sp³-hybridized carbons (Fsp3) is 0.667. The molecule has 1 aromatic carbocycles. The highest BCUT2D eigenvalue weighted by molar-refractivity contribution is 5.37. The summed E-state index contributed by atoms with van der Waals surface area (Å²) in [5.74, 6) is 1.66. The minimum absolute atomic E-state index is 0.508. The maximum Gasteiger partial charge on any atom is 0.123 e. The van der Waals surface area contributed by atoms with Crippen molar-refractivity contribution in [1.82, 2.24) is 10.6 Å². The van der Waals surface area contributed by atoms with Gasteiger partial charge in [0, 0.05) is 30.7 Å². The Labute approximate surface area is 133 Å². The maximum atomic E-state index is 5.65. The Kier molecular flexibility index (Phi) is 5.34. The molecule has 2 fully saturated rings. The molecule has 0 spiro atoms. The first-order valence-electron chi connectivity index (χ1n) is 8.46. The zero-order valence-electron chi connectivity index (χ0n) is 13.7. The first kappa shape index (κ1) is 15.8. The number of rotatable bonds is 5. The van der Waals surface area contributed by atoms with Crippen LogP contribution < -0.4 is 15.4 Å². The average molecular weight is 304 g/mol. The highest BCUT2D eigenvalue weighted by Crippen LogP contribution is 2.30. The van der Waals surface area contributed by atoms with E-state index in [1.165, 1.54) is 30.4 Å². The largest absolute Gasteiger partial charge is 0.496 e. The molecule has 2 aliphatic rings. The zero-order chi connectivity index (χ0) is 15.4. The topological polar surface area (TPSA) is 42.5 Å². The number of hydrogen-bond donors (Lipinski definition) is 2. The lowest BCUT2D eigenvalue weighted by Gasteiger charge is -2.33. The van der Waals surface area contributed by atoms with Gasteiger partial charge < -0.3 is 20.1 Å². The molecule has 2 N–H and O–H groups in total. The third-order valence-corrected chi connectivity index (χ3v) is 5.03. The van der Waals surface area contributed by atoms with Crippen molar-refractivity contribution in [3.8, 4) is 5.75 Å². The van der Waals surface area contributed by atoms with Crippen molar-refractivity contribution in [2.45, 2.75) is 44.8 Å². The van der Waals surface area contributed by atoms with Crippen molar-refractivity contribution in [1.29, 1.82) is 0 Å². The molecule has 1 saturated heterocycles. The molecule has 4 nitrogen and oxygen atoms in total. The van der Waals surface area contributed by atoms with Gasteiger partial charge in [0.25, 0.3) is 0 Å². The van der Waals surface area contributed by atoms with E-state index in [-0.39, 0.29) is 0 Å². The molecule has 22 heavy (non-hydrogen) atoms. The number of aryl methyl sites for hydroxylation is 1. The predicted octanol–water partition coefficient (Wildman–Crippen LogP) is 2.25. The number of hydrogen-bond acceptors (Lipinski definition) is 4. The van der Waals surface area contributed by atoms with Gasteiger partial charge in [-0.3, -0.25) is 0 Å². The van der Waals surface area contributed by atoms with E-state index in [4.69, 9.17) is 9.47 Å². The summed E-state index contributed by atoms with van der Waals surface area (Å²) in [6.45, 7) is 5.66. The van der Waals surface area contributed by atoms with Crippen molar-refractivity contribution in [2.24, 2.45) is 5.92 Å². The van der Waals surface area contributed by atoms with Gasteiger partial charge in [0.1, 0.15) is 5.75 Å². The van der Waals surface area contributed by atoms with Crippen molar-refractivity contribution in [2.75, 3.05) is 26.9 Å². The molecule has 3 rings (SSSR count). The summed E-state index contributed by atoms with van der Waals surface area (Å²) in [6, 6.07) is 7.52. The molecule has 3 atom stereocenters. The standard InChI is InChI=1S/C18H28N2O2/c1-13-6-7-14(18(10-13)21-2)11-20-16-5-3-4-15(16)17-12-22-9-8-19-17/h6-7,10,15-17,19-20H,3-5,8-9,11-12H2,1-2H3. The number of methoxy groups -OCH3 is 1. The highest BCUT2D eigenvalue weighted by Gasteiger charge is 2.34. The lowest BCUT2D eigenvalue weighted by Crippen LogP contribution is -2.50. The molecule has 122 valence electrons. The summed E-state index contributed by atoms with van der Waals surface area (Å²) in [5, 5.41) is 7.39. The van der Waals surface area contributed by atoms with Crippen molar-refractivity contribution in [3.05, 3.63) is 29.3 Å². The molecule has 0 bridgehead atoms. The Bertz CT molecular complexity index is 486. The Hall–Kier alpha value is -1.10. The Balaban J connectivity index is 1.60. The lowest BCUT2D eigenvalue weighted by molar-refractivity contribution is 0.0524. The smallest absolute Gasteiger partial charge is 0.123 e. The molecular weight excluding hydrogens is 276 g/mol. The molecule has 0 aromatic heterocycles. The van der Waals surface area contributed by atoms with Crippen LogP contribution in [0.15, 0.2) is 18.2 Å². The molecule has 1 saturated carbocycles. The van der Waals surface area contributed by atoms with E-state index in [9.17, 15) is 0 Å². The molecule has 0 amide bonds. The van der Waals surface area contributed by atoms with Crippen LogP contribution in [0.1, 0.15) is 30.4 Å². The van der Waals surface area contributed by atoms with Crippen molar-refractivity contribution in [3.63, 3.8) is 0 Å². The summed E-state index contributed by atoms with van der Waals surface area (Å²) in [5.41, 5.74) is 2.48. The number of ether oxygens (including phenoxy) is 2. The van der Waals surface area contributed by atoms with Crippen LogP contribution in [0, 0.1) is 12.8 Å². The van der Waals surface area contributed by atoms with Crippen LogP contribution in [0.25, 0.3) is 0 Å². The Morgan fingerprint density at radius 3 is 3.05 bits per heavy atom. The number of morpholine rings is 1. The van der Waals surface area contributed by atoms with Crippen molar-refractivity contribution >= 4 is 0 Å². The molecule has 1 heterocycles. The van der Waals surface area contributed by atoms with E-state index in [0.29, 0.717) is 18.0 Å². The van der Waals surface area contributed by atoms with Crippen LogP contribution in [-0.2, 0) is 11.3 Å². The molecule has 0 radical (unpaired) electrons. The van der Waals surface area contributed by atoms with Crippen LogP contribution in [0.2, 0.25) is 0 Å². The van der Waals surface area contributed by atoms with Crippen molar-refractivity contribution < 1.29 is 9.47 Å². The molecule has 1 aromatic rings. The third-order valence-electron chi connectivity index (χ3n) is 5.03. The quantitative estimate of drug-likeness (QED) is 0.875. The van der Waals surface area contributed by atoms with Gasteiger partial charge >= 0.3 is 0 Å². The monoisotopic (exact) mass is 304 g/mol. The summed E-state index contributed by atoms with van der Waals surface area (Å²) in [7, 11) is 1.75. The van der Waals surface area contributed by atoms with E-state index in [2.05, 4.69) is 35.8 Å². The van der Waals surface area contributed by atoms with Gasteiger partial charge in [-0.25, -0.2) is 0 Å². The second-order valence-electron chi connectivity index (χ2n) is 6.53. The van der Waals surface area contributed by atoms with Gasteiger partial charge in [-0.05, 0) is 37.3 Å². The zero-order valence-corrected chi connectivity index (χ0v) is 13.7. The first-order valence-corrected chi connectivity index (χ1v) is 8.46. The second-order valence-corrected chi connectivity index (χ2v) is 6.53. The molecular formula is C18H28N2O2. The van der Waals surface area contributed by atoms with Crippen LogP contribution in [0.4, 0.5) is 0 Å². The van der Waals surface area contributed by atoms with Crippen LogP contribution in [0.3, 0.4) is 0 Å². The number of benzene rings is 1. The molecule has 1 aliphatic carbocycles. The fourth-order valence-corrected chi connectivity index (χ4v) is 3.82. The highest BCUT2D eigenvalue weighted by atomic mass is 16.5. The van der Waals surface area contributed by atoms with Gasteiger partial charge in [-0.15, -0.1) is 0 Å². The van der Waals surface area contributed by atoms with E-state index in [1.54, 1.807) is 7.11 Å². The van der Waals surface area contributed by atoms with E-state index in [1.807, 2.05) is 0 Å². The van der Waals surface area contributed by atoms with Gasteiger partial charge in [0.2, 0.25) is 0 Å². The van der Waals surface area contributed by atoms with Gasteiger partial charge in [0.05, 0.1) is 20.3 Å². The predicted molar refractivity (Wildman–Crippen MR) is 88.3 cm³/mol. The van der Waals surface area contributed by atoms with Gasteiger partial charge in [0.15, 0.2) is 0 Å². The normalized spacial score (nSPS) is 28.7.